The highest BCUT2D eigenvalue weighted by molar-refractivity contribution is 5.26. The van der Waals surface area contributed by atoms with Crippen LogP contribution in [0.1, 0.15) is 42.0 Å². The summed E-state index contributed by atoms with van der Waals surface area (Å²) in [6.45, 7) is 7.31. The lowest BCUT2D eigenvalue weighted by Gasteiger charge is -2.20. The van der Waals surface area contributed by atoms with Crippen LogP contribution >= 0.6 is 0 Å². The second kappa shape index (κ2) is 6.66. The molecule has 108 valence electrons. The summed E-state index contributed by atoms with van der Waals surface area (Å²) in [5, 5.41) is 8.10. The van der Waals surface area contributed by atoms with Crippen LogP contribution in [-0.2, 0) is 13.5 Å². The Balaban J connectivity index is 2.22. The van der Waals surface area contributed by atoms with Crippen molar-refractivity contribution in [3.8, 4) is 0 Å². The average Bonchev–Trinajstić information content (AvgIpc) is 2.80. The van der Waals surface area contributed by atoms with Gasteiger partial charge in [-0.15, -0.1) is 0 Å². The summed E-state index contributed by atoms with van der Waals surface area (Å²) in [6.07, 6.45) is 4.01. The summed E-state index contributed by atoms with van der Waals surface area (Å²) in [6, 6.07) is 6.63. The molecule has 0 bridgehead atoms. The topological polar surface area (TPSA) is 42.7 Å². The van der Waals surface area contributed by atoms with Gasteiger partial charge in [0.1, 0.15) is 0 Å². The van der Waals surface area contributed by atoms with Crippen LogP contribution in [0.4, 0.5) is 0 Å². The van der Waals surface area contributed by atoms with Gasteiger partial charge in [0.05, 0.1) is 5.69 Å². The molecule has 0 amide bonds. The first-order valence-electron chi connectivity index (χ1n) is 7.26. The van der Waals surface area contributed by atoms with Crippen LogP contribution in [0.25, 0.3) is 0 Å². The molecule has 0 fully saturated rings. The van der Waals surface area contributed by atoms with Gasteiger partial charge in [-0.3, -0.25) is 9.67 Å². The Bertz CT molecular complexity index is 559. The minimum atomic E-state index is 0.276. The van der Waals surface area contributed by atoms with Crippen molar-refractivity contribution in [3.63, 3.8) is 0 Å². The lowest BCUT2D eigenvalue weighted by molar-refractivity contribution is 0.517. The van der Waals surface area contributed by atoms with Crippen LogP contribution in [0.2, 0.25) is 0 Å². The molecule has 1 atom stereocenters. The smallest absolute Gasteiger partial charge is 0.0643 e. The molecule has 0 saturated carbocycles. The van der Waals surface area contributed by atoms with Gasteiger partial charge in [-0.25, -0.2) is 0 Å². The van der Waals surface area contributed by atoms with Crippen LogP contribution in [0.15, 0.2) is 24.4 Å². The van der Waals surface area contributed by atoms with E-state index in [9.17, 15) is 0 Å². The maximum Gasteiger partial charge on any atom is 0.0643 e. The third-order valence-electron chi connectivity index (χ3n) is 3.46. The molecule has 0 spiro atoms. The van der Waals surface area contributed by atoms with E-state index in [-0.39, 0.29) is 6.04 Å². The molecule has 1 N–H and O–H groups in total. The number of nitrogens with zero attached hydrogens (tertiary/aromatic N) is 3. The van der Waals surface area contributed by atoms with Gasteiger partial charge in [0.25, 0.3) is 0 Å². The van der Waals surface area contributed by atoms with Gasteiger partial charge in [-0.1, -0.05) is 13.0 Å². The number of rotatable bonds is 6. The minimum Gasteiger partial charge on any atom is -0.310 e. The molecule has 2 aromatic rings. The normalized spacial score (nSPS) is 12.6. The lowest BCUT2D eigenvalue weighted by Crippen LogP contribution is -2.25. The quantitative estimate of drug-likeness (QED) is 0.879. The molecule has 0 aromatic carbocycles. The van der Waals surface area contributed by atoms with E-state index in [0.29, 0.717) is 0 Å². The van der Waals surface area contributed by atoms with Crippen LogP contribution in [0, 0.1) is 13.8 Å². The molecule has 0 saturated heterocycles. The van der Waals surface area contributed by atoms with E-state index in [1.54, 1.807) is 0 Å². The Morgan fingerprint density at radius 3 is 2.65 bits per heavy atom. The van der Waals surface area contributed by atoms with E-state index in [0.717, 1.165) is 36.5 Å². The second-order valence-corrected chi connectivity index (χ2v) is 5.32. The van der Waals surface area contributed by atoms with Gasteiger partial charge in [-0.2, -0.15) is 5.10 Å². The Morgan fingerprint density at radius 1 is 1.25 bits per heavy atom. The van der Waals surface area contributed by atoms with Crippen molar-refractivity contribution in [2.45, 2.75) is 39.7 Å². The largest absolute Gasteiger partial charge is 0.310 e. The average molecular weight is 272 g/mol. The molecule has 0 aliphatic heterocycles. The molecule has 20 heavy (non-hydrogen) atoms. The number of nitrogens with one attached hydrogen (secondary N) is 1. The van der Waals surface area contributed by atoms with Crippen molar-refractivity contribution in [2.24, 2.45) is 7.05 Å². The first-order chi connectivity index (χ1) is 9.60. The van der Waals surface area contributed by atoms with E-state index in [1.165, 1.54) is 5.56 Å². The summed E-state index contributed by atoms with van der Waals surface area (Å²) in [4.78, 5) is 4.58. The Kier molecular flexibility index (Phi) is 4.90. The Labute approximate surface area is 121 Å². The molecule has 2 aromatic heterocycles. The zero-order valence-corrected chi connectivity index (χ0v) is 12.8. The molecule has 4 nitrogen and oxygen atoms in total. The second-order valence-electron chi connectivity index (χ2n) is 5.32. The maximum atomic E-state index is 4.58. The maximum absolute atomic E-state index is 4.58. The van der Waals surface area contributed by atoms with Crippen molar-refractivity contribution in [2.75, 3.05) is 6.54 Å². The monoisotopic (exact) mass is 272 g/mol. The van der Waals surface area contributed by atoms with E-state index in [1.807, 2.05) is 24.9 Å². The summed E-state index contributed by atoms with van der Waals surface area (Å²) < 4.78 is 1.85. The summed E-state index contributed by atoms with van der Waals surface area (Å²) in [5.41, 5.74) is 4.56. The lowest BCUT2D eigenvalue weighted by atomic mass is 10.00. The predicted molar refractivity (Wildman–Crippen MR) is 81.7 cm³/mol. The van der Waals surface area contributed by atoms with Crippen molar-refractivity contribution in [3.05, 3.63) is 47.0 Å². The van der Waals surface area contributed by atoms with Crippen molar-refractivity contribution in [1.82, 2.24) is 20.1 Å². The van der Waals surface area contributed by atoms with E-state index in [2.05, 4.69) is 47.4 Å². The highest BCUT2D eigenvalue weighted by Gasteiger charge is 2.16. The Morgan fingerprint density at radius 2 is 2.05 bits per heavy atom. The van der Waals surface area contributed by atoms with Crippen LogP contribution in [0.3, 0.4) is 0 Å². The number of aryl methyl sites for hydroxylation is 3. The third kappa shape index (κ3) is 3.67. The molecule has 0 radical (unpaired) electrons. The van der Waals surface area contributed by atoms with Gasteiger partial charge < -0.3 is 5.32 Å². The molecule has 4 heteroatoms. The van der Waals surface area contributed by atoms with Gasteiger partial charge in [0, 0.05) is 37.1 Å². The highest BCUT2D eigenvalue weighted by Crippen LogP contribution is 2.20. The van der Waals surface area contributed by atoms with Crippen LogP contribution in [-0.4, -0.2) is 21.3 Å². The van der Waals surface area contributed by atoms with Gasteiger partial charge >= 0.3 is 0 Å². The first kappa shape index (κ1) is 14.7. The van der Waals surface area contributed by atoms with Crippen molar-refractivity contribution in [1.29, 1.82) is 0 Å². The van der Waals surface area contributed by atoms with E-state index >= 15 is 0 Å². The zero-order valence-electron chi connectivity index (χ0n) is 12.8. The standard InChI is InChI=1S/C16H24N4/c1-5-9-17-16(11-14-8-10-20(4)19-14)15-7-6-12(2)18-13(15)3/h6-8,10,16-17H,5,9,11H2,1-4H3. The van der Waals surface area contributed by atoms with Gasteiger partial charge in [0.2, 0.25) is 0 Å². The number of pyridine rings is 1. The van der Waals surface area contributed by atoms with Crippen LogP contribution < -0.4 is 5.32 Å². The molecule has 0 aliphatic carbocycles. The number of hydrogen-bond donors (Lipinski definition) is 1. The van der Waals surface area contributed by atoms with Gasteiger partial charge in [0.15, 0.2) is 0 Å². The molecule has 1 unspecified atom stereocenters. The SMILES string of the molecule is CCCNC(Cc1ccn(C)n1)c1ccc(C)nc1C. The Hall–Kier alpha value is -1.68. The molecule has 2 heterocycles. The fourth-order valence-electron chi connectivity index (χ4n) is 2.46. The fourth-order valence-corrected chi connectivity index (χ4v) is 2.46. The molecular formula is C16H24N4. The number of hydrogen-bond acceptors (Lipinski definition) is 3. The zero-order chi connectivity index (χ0) is 14.5. The fraction of sp³-hybridized carbons (Fsp3) is 0.500. The van der Waals surface area contributed by atoms with Gasteiger partial charge in [-0.05, 0) is 44.5 Å². The molecule has 0 aliphatic rings. The van der Waals surface area contributed by atoms with E-state index in [4.69, 9.17) is 0 Å². The molecule has 2 rings (SSSR count). The summed E-state index contributed by atoms with van der Waals surface area (Å²) >= 11 is 0. The van der Waals surface area contributed by atoms with Crippen LogP contribution in [0.5, 0.6) is 0 Å². The number of aromatic nitrogens is 3. The highest BCUT2D eigenvalue weighted by atomic mass is 15.2. The first-order valence-corrected chi connectivity index (χ1v) is 7.26. The minimum absolute atomic E-state index is 0.276. The van der Waals surface area contributed by atoms with Crippen molar-refractivity contribution >= 4 is 0 Å². The molecular weight excluding hydrogens is 248 g/mol. The third-order valence-corrected chi connectivity index (χ3v) is 3.46. The predicted octanol–water partition coefficient (Wildman–Crippen LogP) is 2.72. The van der Waals surface area contributed by atoms with Crippen molar-refractivity contribution < 1.29 is 0 Å². The summed E-state index contributed by atoms with van der Waals surface area (Å²) in [7, 11) is 1.96. The van der Waals surface area contributed by atoms with E-state index < -0.39 is 0 Å². The summed E-state index contributed by atoms with van der Waals surface area (Å²) in [5.74, 6) is 0.